The van der Waals surface area contributed by atoms with E-state index in [0.717, 1.165) is 4.57 Å². The van der Waals surface area contributed by atoms with Gasteiger partial charge in [0.25, 0.3) is 5.56 Å². The van der Waals surface area contributed by atoms with Crippen LogP contribution in [-0.4, -0.2) is 14.7 Å². The summed E-state index contributed by atoms with van der Waals surface area (Å²) in [5.41, 5.74) is -2.15. The van der Waals surface area contributed by atoms with Gasteiger partial charge in [-0.05, 0) is 31.5 Å². The first kappa shape index (κ1) is 14.9. The maximum atomic E-state index is 12.0. The zero-order valence-corrected chi connectivity index (χ0v) is 12.2. The molecule has 5 nitrogen and oxygen atoms in total. The number of benzene rings is 1. The van der Waals surface area contributed by atoms with Crippen molar-refractivity contribution in [1.29, 1.82) is 0 Å². The molecule has 6 heteroatoms. The fourth-order valence-corrected chi connectivity index (χ4v) is 2.11. The molecule has 0 fully saturated rings. The van der Waals surface area contributed by atoms with E-state index < -0.39 is 22.7 Å². The van der Waals surface area contributed by atoms with E-state index >= 15 is 0 Å². The van der Waals surface area contributed by atoms with Crippen LogP contribution >= 0.6 is 11.6 Å². The topological polar surface area (TPSA) is 75.1 Å². The zero-order chi connectivity index (χ0) is 15.8. The van der Waals surface area contributed by atoms with Crippen LogP contribution in [0.3, 0.4) is 0 Å². The van der Waals surface area contributed by atoms with Gasteiger partial charge in [0.15, 0.2) is 0 Å². The van der Waals surface area contributed by atoms with Crippen molar-refractivity contribution in [3.8, 4) is 29.4 Å². The van der Waals surface area contributed by atoms with Crippen molar-refractivity contribution in [1.82, 2.24) is 9.55 Å². The molecular formula is C15H13ClN2O3. The van der Waals surface area contributed by atoms with Crippen LogP contribution in [0.25, 0.3) is 11.1 Å². The molecule has 0 atom stereocenters. The summed E-state index contributed by atoms with van der Waals surface area (Å²) in [5.74, 6) is 1.93. The molecule has 2 aromatic rings. The van der Waals surface area contributed by atoms with Gasteiger partial charge in [0.1, 0.15) is 11.1 Å². The van der Waals surface area contributed by atoms with Crippen molar-refractivity contribution in [2.75, 3.05) is 0 Å². The molecule has 0 bridgehead atoms. The smallest absolute Gasteiger partial charge is 0.332 e. The molecule has 0 amide bonds. The van der Waals surface area contributed by atoms with Crippen molar-refractivity contribution in [3.63, 3.8) is 0 Å². The number of nitrogens with one attached hydrogen (secondary N) is 1. The number of aromatic amines is 1. The predicted octanol–water partition coefficient (Wildman–Crippen LogP) is 1.93. The van der Waals surface area contributed by atoms with E-state index in [1.807, 2.05) is 0 Å². The molecule has 2 N–H and O–H groups in total. The van der Waals surface area contributed by atoms with Gasteiger partial charge in [-0.25, -0.2) is 9.36 Å². The van der Waals surface area contributed by atoms with E-state index in [1.54, 1.807) is 38.1 Å². The zero-order valence-electron chi connectivity index (χ0n) is 11.5. The molecule has 0 saturated heterocycles. The van der Waals surface area contributed by atoms with Gasteiger partial charge < -0.3 is 5.11 Å². The second-order valence-corrected chi connectivity index (χ2v) is 5.44. The van der Waals surface area contributed by atoms with Crippen LogP contribution in [0, 0.1) is 12.3 Å². The summed E-state index contributed by atoms with van der Waals surface area (Å²) < 4.78 is 0.971. The number of nitrogens with zero attached hydrogens (tertiary/aromatic N) is 1. The number of halogens is 1. The summed E-state index contributed by atoms with van der Waals surface area (Å²) in [6, 6.07) is 6.31. The van der Waals surface area contributed by atoms with Crippen molar-refractivity contribution in [2.24, 2.45) is 0 Å². The Hall–Kier alpha value is -2.45. The minimum atomic E-state index is -1.09. The summed E-state index contributed by atoms with van der Waals surface area (Å²) >= 11 is 5.80. The van der Waals surface area contributed by atoms with Crippen LogP contribution in [0.15, 0.2) is 33.9 Å². The molecular weight excluding hydrogens is 292 g/mol. The van der Waals surface area contributed by atoms with Crippen LogP contribution in [0.5, 0.6) is 5.88 Å². The molecule has 0 aliphatic rings. The highest BCUT2D eigenvalue weighted by Gasteiger charge is 2.26. The molecule has 0 radical (unpaired) electrons. The maximum Gasteiger partial charge on any atom is 0.332 e. The second kappa shape index (κ2) is 5.15. The molecule has 108 valence electrons. The first-order valence-electron chi connectivity index (χ1n) is 6.10. The van der Waals surface area contributed by atoms with Crippen molar-refractivity contribution >= 4 is 11.6 Å². The van der Waals surface area contributed by atoms with Gasteiger partial charge in [0.05, 0.1) is 0 Å². The van der Waals surface area contributed by atoms with Gasteiger partial charge in [0.2, 0.25) is 5.88 Å². The fraction of sp³-hybridized carbons (Fsp3) is 0.200. The van der Waals surface area contributed by atoms with E-state index in [0.29, 0.717) is 10.6 Å². The lowest BCUT2D eigenvalue weighted by Crippen LogP contribution is -2.40. The molecule has 0 unspecified atom stereocenters. The Bertz CT molecular complexity index is 839. The number of aromatic nitrogens is 2. The lowest BCUT2D eigenvalue weighted by atomic mass is 10.0. The summed E-state index contributed by atoms with van der Waals surface area (Å²) in [4.78, 5) is 26.1. The standard InChI is InChI=1S/C15H13ClN2O3/c1-4-15(2,3)18-13(20)11(12(19)17-14(18)21)9-5-7-10(16)8-6-9/h1,5-8,20H,2-3H3,(H,17,19,21). The number of rotatable bonds is 2. The Kier molecular flexibility index (Phi) is 3.67. The van der Waals surface area contributed by atoms with Crippen LogP contribution in [-0.2, 0) is 5.54 Å². The van der Waals surface area contributed by atoms with Crippen LogP contribution in [0.4, 0.5) is 0 Å². The highest BCUT2D eigenvalue weighted by atomic mass is 35.5. The molecule has 1 aromatic heterocycles. The lowest BCUT2D eigenvalue weighted by Gasteiger charge is -2.23. The summed E-state index contributed by atoms with van der Waals surface area (Å²) in [7, 11) is 0. The Morgan fingerprint density at radius 3 is 2.38 bits per heavy atom. The van der Waals surface area contributed by atoms with Crippen LogP contribution < -0.4 is 11.2 Å². The third-order valence-electron chi connectivity index (χ3n) is 3.13. The number of aromatic hydroxyl groups is 1. The Labute approximate surface area is 125 Å². The third-order valence-corrected chi connectivity index (χ3v) is 3.38. The van der Waals surface area contributed by atoms with Crippen molar-refractivity contribution in [2.45, 2.75) is 19.4 Å². The van der Waals surface area contributed by atoms with E-state index in [9.17, 15) is 14.7 Å². The minimum Gasteiger partial charge on any atom is -0.494 e. The average Bonchev–Trinajstić information content (AvgIpc) is 2.40. The van der Waals surface area contributed by atoms with E-state index in [-0.39, 0.29) is 5.56 Å². The summed E-state index contributed by atoms with van der Waals surface area (Å²) in [5, 5.41) is 10.8. The average molecular weight is 305 g/mol. The minimum absolute atomic E-state index is 0.0328. The quantitative estimate of drug-likeness (QED) is 0.833. The van der Waals surface area contributed by atoms with Gasteiger partial charge in [-0.15, -0.1) is 6.42 Å². The molecule has 0 aliphatic heterocycles. The van der Waals surface area contributed by atoms with Crippen LogP contribution in [0.2, 0.25) is 5.02 Å². The molecule has 0 aliphatic carbocycles. The number of H-pyrrole nitrogens is 1. The molecule has 0 saturated carbocycles. The first-order valence-corrected chi connectivity index (χ1v) is 6.48. The van der Waals surface area contributed by atoms with Crippen molar-refractivity contribution < 1.29 is 5.11 Å². The Morgan fingerprint density at radius 2 is 1.86 bits per heavy atom. The lowest BCUT2D eigenvalue weighted by molar-refractivity contribution is 0.344. The van der Waals surface area contributed by atoms with Gasteiger partial charge in [-0.3, -0.25) is 9.78 Å². The largest absolute Gasteiger partial charge is 0.494 e. The number of terminal acetylenes is 1. The monoisotopic (exact) mass is 304 g/mol. The molecule has 2 rings (SSSR count). The summed E-state index contributed by atoms with van der Waals surface area (Å²) in [6.07, 6.45) is 5.39. The van der Waals surface area contributed by atoms with Crippen molar-refractivity contribution in [3.05, 3.63) is 50.1 Å². The van der Waals surface area contributed by atoms with E-state index in [1.165, 1.54) is 0 Å². The SMILES string of the molecule is C#CC(C)(C)n1c(O)c(-c2ccc(Cl)cc2)c(=O)[nH]c1=O. The molecule has 21 heavy (non-hydrogen) atoms. The Morgan fingerprint density at radius 1 is 1.29 bits per heavy atom. The van der Waals surface area contributed by atoms with E-state index in [2.05, 4.69) is 10.9 Å². The highest BCUT2D eigenvalue weighted by molar-refractivity contribution is 6.30. The third kappa shape index (κ3) is 2.58. The van der Waals surface area contributed by atoms with E-state index in [4.69, 9.17) is 18.0 Å². The Balaban J connectivity index is 2.84. The van der Waals surface area contributed by atoms with Crippen LogP contribution in [0.1, 0.15) is 13.8 Å². The predicted molar refractivity (Wildman–Crippen MR) is 81.6 cm³/mol. The molecule has 0 spiro atoms. The highest BCUT2D eigenvalue weighted by Crippen LogP contribution is 2.28. The number of hydrogen-bond acceptors (Lipinski definition) is 3. The summed E-state index contributed by atoms with van der Waals surface area (Å²) in [6.45, 7) is 3.16. The second-order valence-electron chi connectivity index (χ2n) is 5.00. The van der Waals surface area contributed by atoms with Gasteiger partial charge in [-0.2, -0.15) is 0 Å². The molecule has 1 heterocycles. The first-order chi connectivity index (χ1) is 9.77. The fourth-order valence-electron chi connectivity index (χ4n) is 1.98. The molecule has 1 aromatic carbocycles. The van der Waals surface area contributed by atoms with Gasteiger partial charge in [0, 0.05) is 5.02 Å². The normalized spacial score (nSPS) is 11.1. The maximum absolute atomic E-state index is 12.0. The van der Waals surface area contributed by atoms with Gasteiger partial charge in [-0.1, -0.05) is 29.7 Å². The van der Waals surface area contributed by atoms with Gasteiger partial charge >= 0.3 is 5.69 Å². The number of hydrogen-bond donors (Lipinski definition) is 2.